The van der Waals surface area contributed by atoms with Crippen LogP contribution in [0.1, 0.15) is 56.3 Å². The number of amides is 1. The van der Waals surface area contributed by atoms with Gasteiger partial charge in [0, 0.05) is 11.6 Å². The molecule has 2 N–H and O–H groups in total. The van der Waals surface area contributed by atoms with Gasteiger partial charge in [-0.3, -0.25) is 9.59 Å². The molecule has 2 aromatic rings. The van der Waals surface area contributed by atoms with Crippen LogP contribution in [-0.4, -0.2) is 40.9 Å². The summed E-state index contributed by atoms with van der Waals surface area (Å²) < 4.78 is 5.43. The minimum Gasteiger partial charge on any atom is -0.495 e. The van der Waals surface area contributed by atoms with Crippen molar-refractivity contribution >= 4 is 34.8 Å². The van der Waals surface area contributed by atoms with Gasteiger partial charge in [-0.25, -0.2) is 4.98 Å². The molecule has 0 unspecified atom stereocenters. The normalized spacial score (nSPS) is 18.7. The van der Waals surface area contributed by atoms with Gasteiger partial charge in [-0.05, 0) is 44.4 Å². The lowest BCUT2D eigenvalue weighted by atomic mass is 10.0. The van der Waals surface area contributed by atoms with Gasteiger partial charge in [-0.2, -0.15) is 4.98 Å². The van der Waals surface area contributed by atoms with E-state index in [1.54, 1.807) is 31.5 Å². The van der Waals surface area contributed by atoms with E-state index >= 15 is 0 Å². The van der Waals surface area contributed by atoms with Crippen LogP contribution in [-0.2, 0) is 4.79 Å². The average molecular weight is 409 g/mol. The number of methoxy groups -OCH3 is 1. The topological polar surface area (TPSA) is 96.5 Å². The fourth-order valence-electron chi connectivity index (χ4n) is 4.33. The van der Waals surface area contributed by atoms with Gasteiger partial charge in [0.05, 0.1) is 19.0 Å². The Morgan fingerprint density at radius 2 is 2.10 bits per heavy atom. The first-order chi connectivity index (χ1) is 14.5. The summed E-state index contributed by atoms with van der Waals surface area (Å²) in [6, 6.07) is 5.30. The van der Waals surface area contributed by atoms with Gasteiger partial charge in [0.15, 0.2) is 11.6 Å². The molecule has 1 aromatic heterocycles. The number of ketones is 1. The molecule has 1 aromatic carbocycles. The number of Topliss-reactive ketones (excluding diaryl/α,β-unsaturated/α-hetero) is 1. The zero-order chi connectivity index (χ0) is 21.3. The molecule has 2 heterocycles. The number of benzene rings is 1. The van der Waals surface area contributed by atoms with Crippen molar-refractivity contribution in [3.8, 4) is 5.75 Å². The van der Waals surface area contributed by atoms with E-state index in [9.17, 15) is 9.59 Å². The van der Waals surface area contributed by atoms with Gasteiger partial charge < -0.3 is 20.3 Å². The number of nitrogens with one attached hydrogen (secondary N) is 2. The molecule has 1 aliphatic carbocycles. The van der Waals surface area contributed by atoms with E-state index in [1.807, 2.05) is 6.92 Å². The van der Waals surface area contributed by atoms with Crippen LogP contribution in [0.2, 0.25) is 0 Å². The lowest BCUT2D eigenvalue weighted by molar-refractivity contribution is -0.117. The van der Waals surface area contributed by atoms with Crippen LogP contribution in [0, 0.1) is 0 Å². The molecule has 1 aliphatic heterocycles. The summed E-state index contributed by atoms with van der Waals surface area (Å²) in [5, 5.41) is 6.15. The highest BCUT2D eigenvalue weighted by Gasteiger charge is 2.38. The number of hydrogen-bond acceptors (Lipinski definition) is 7. The first kappa shape index (κ1) is 20.1. The number of fused-ring (bicyclic) bond motifs is 1. The molecule has 0 radical (unpaired) electrons. The number of carbonyl (C=O) groups excluding carboxylic acids is 2. The highest BCUT2D eigenvalue weighted by atomic mass is 16.5. The standard InChI is InChI=1S/C22H27N5O3/c1-4-18-21(29)24-17-12-23-22(26-20(17)27(18)15-7-5-6-8-15)25-16-10-9-14(13(2)28)11-19(16)30-3/h9-12,15,18H,4-8H2,1-3H3,(H,24,29)(H,23,25,26)/t18-/m1/s1. The van der Waals surface area contributed by atoms with Crippen LogP contribution < -0.4 is 20.3 Å². The molecule has 8 heteroatoms. The van der Waals surface area contributed by atoms with E-state index in [0.717, 1.165) is 25.1 Å². The molecule has 1 atom stereocenters. The fraction of sp³-hybridized carbons (Fsp3) is 0.455. The number of aromatic nitrogens is 2. The third-order valence-corrected chi connectivity index (χ3v) is 5.87. The maximum absolute atomic E-state index is 12.6. The van der Waals surface area contributed by atoms with E-state index in [-0.39, 0.29) is 17.7 Å². The summed E-state index contributed by atoms with van der Waals surface area (Å²) in [6.07, 6.45) is 6.84. The van der Waals surface area contributed by atoms with E-state index in [0.29, 0.717) is 34.7 Å². The molecule has 2 aliphatic rings. The highest BCUT2D eigenvalue weighted by molar-refractivity contribution is 6.03. The predicted octanol–water partition coefficient (Wildman–Crippen LogP) is 3.91. The van der Waals surface area contributed by atoms with Crippen LogP contribution in [0.15, 0.2) is 24.4 Å². The Morgan fingerprint density at radius 3 is 2.77 bits per heavy atom. The third-order valence-electron chi connectivity index (χ3n) is 5.87. The Hall–Kier alpha value is -3.16. The predicted molar refractivity (Wildman–Crippen MR) is 116 cm³/mol. The second kappa shape index (κ2) is 8.30. The van der Waals surface area contributed by atoms with Crippen LogP contribution in [0.5, 0.6) is 5.75 Å². The molecule has 158 valence electrons. The zero-order valence-corrected chi connectivity index (χ0v) is 17.6. The number of ether oxygens (including phenoxy) is 1. The van der Waals surface area contributed by atoms with Crippen molar-refractivity contribution in [1.82, 2.24) is 9.97 Å². The maximum Gasteiger partial charge on any atom is 0.247 e. The summed E-state index contributed by atoms with van der Waals surface area (Å²) >= 11 is 0. The van der Waals surface area contributed by atoms with Crippen molar-refractivity contribution in [3.63, 3.8) is 0 Å². The lowest BCUT2D eigenvalue weighted by Gasteiger charge is -2.40. The Kier molecular flexibility index (Phi) is 5.57. The van der Waals surface area contributed by atoms with E-state index in [1.165, 1.54) is 19.8 Å². The molecule has 8 nitrogen and oxygen atoms in total. The largest absolute Gasteiger partial charge is 0.495 e. The number of hydrogen-bond donors (Lipinski definition) is 2. The minimum atomic E-state index is -0.229. The summed E-state index contributed by atoms with van der Waals surface area (Å²) in [4.78, 5) is 35.6. The van der Waals surface area contributed by atoms with Gasteiger partial charge in [0.2, 0.25) is 11.9 Å². The molecule has 1 fully saturated rings. The SMILES string of the molecule is CC[C@@H]1C(=O)Nc2cnc(Nc3ccc(C(C)=O)cc3OC)nc2N1C1CCCC1. The Bertz CT molecular complexity index is 971. The average Bonchev–Trinajstić information content (AvgIpc) is 3.27. The first-order valence-electron chi connectivity index (χ1n) is 10.4. The number of nitrogens with zero attached hydrogens (tertiary/aromatic N) is 3. The molecule has 4 rings (SSSR count). The third kappa shape index (κ3) is 3.69. The molecule has 0 bridgehead atoms. The number of carbonyl (C=O) groups is 2. The molecular weight excluding hydrogens is 382 g/mol. The molecular formula is C22H27N5O3. The van der Waals surface area contributed by atoms with Crippen molar-refractivity contribution in [2.45, 2.75) is 58.0 Å². The quantitative estimate of drug-likeness (QED) is 0.698. The minimum absolute atomic E-state index is 0.00250. The Balaban J connectivity index is 1.69. The molecule has 30 heavy (non-hydrogen) atoms. The summed E-state index contributed by atoms with van der Waals surface area (Å²) in [5.74, 6) is 1.68. The van der Waals surface area contributed by atoms with Crippen molar-refractivity contribution in [2.75, 3.05) is 22.6 Å². The van der Waals surface area contributed by atoms with Crippen molar-refractivity contribution in [2.24, 2.45) is 0 Å². The maximum atomic E-state index is 12.6. The molecule has 1 saturated carbocycles. The summed E-state index contributed by atoms with van der Waals surface area (Å²) in [5.41, 5.74) is 1.88. The van der Waals surface area contributed by atoms with Crippen molar-refractivity contribution < 1.29 is 14.3 Å². The van der Waals surface area contributed by atoms with Crippen molar-refractivity contribution in [3.05, 3.63) is 30.0 Å². The molecule has 0 saturated heterocycles. The summed E-state index contributed by atoms with van der Waals surface area (Å²) in [6.45, 7) is 3.55. The van der Waals surface area contributed by atoms with Gasteiger partial charge in [0.1, 0.15) is 17.5 Å². The van der Waals surface area contributed by atoms with Crippen LogP contribution in [0.4, 0.5) is 23.1 Å². The second-order valence-electron chi connectivity index (χ2n) is 7.79. The van der Waals surface area contributed by atoms with Crippen molar-refractivity contribution in [1.29, 1.82) is 0 Å². The summed E-state index contributed by atoms with van der Waals surface area (Å²) in [7, 11) is 1.56. The second-order valence-corrected chi connectivity index (χ2v) is 7.79. The fourth-order valence-corrected chi connectivity index (χ4v) is 4.33. The monoisotopic (exact) mass is 409 g/mol. The number of anilines is 4. The lowest BCUT2D eigenvalue weighted by Crippen LogP contribution is -2.52. The van der Waals surface area contributed by atoms with Gasteiger partial charge in [0.25, 0.3) is 0 Å². The van der Waals surface area contributed by atoms with Crippen LogP contribution >= 0.6 is 0 Å². The van der Waals surface area contributed by atoms with Crippen LogP contribution in [0.25, 0.3) is 0 Å². The number of rotatable bonds is 6. The smallest absolute Gasteiger partial charge is 0.247 e. The molecule has 1 amide bonds. The highest BCUT2D eigenvalue weighted by Crippen LogP contribution is 2.38. The van der Waals surface area contributed by atoms with Gasteiger partial charge >= 0.3 is 0 Å². The zero-order valence-electron chi connectivity index (χ0n) is 17.6. The Labute approximate surface area is 176 Å². The van der Waals surface area contributed by atoms with E-state index in [4.69, 9.17) is 9.72 Å². The van der Waals surface area contributed by atoms with E-state index < -0.39 is 0 Å². The van der Waals surface area contributed by atoms with Gasteiger partial charge in [-0.1, -0.05) is 19.8 Å². The van der Waals surface area contributed by atoms with Gasteiger partial charge in [-0.15, -0.1) is 0 Å². The van der Waals surface area contributed by atoms with Crippen LogP contribution in [0.3, 0.4) is 0 Å². The Morgan fingerprint density at radius 1 is 1.33 bits per heavy atom. The first-order valence-corrected chi connectivity index (χ1v) is 10.4. The molecule has 0 spiro atoms. The van der Waals surface area contributed by atoms with E-state index in [2.05, 4.69) is 20.5 Å².